The summed E-state index contributed by atoms with van der Waals surface area (Å²) in [6.07, 6.45) is 16.2. The number of allylic oxidation sites excluding steroid dienone is 6. The number of piperazine rings is 1. The van der Waals surface area contributed by atoms with Gasteiger partial charge in [-0.1, -0.05) is 44.4 Å². The molecule has 218 valence electrons. The molecule has 2 heterocycles. The van der Waals surface area contributed by atoms with Crippen LogP contribution >= 0.6 is 0 Å². The van der Waals surface area contributed by atoms with Gasteiger partial charge in [-0.15, -0.1) is 0 Å². The highest BCUT2D eigenvalue weighted by Gasteiger charge is 2.40. The van der Waals surface area contributed by atoms with Crippen molar-refractivity contribution >= 4 is 17.5 Å². The number of amides is 1. The van der Waals surface area contributed by atoms with Gasteiger partial charge in [0.25, 0.3) is 5.91 Å². The van der Waals surface area contributed by atoms with E-state index in [-0.39, 0.29) is 23.3 Å². The molecule has 0 aromatic carbocycles. The van der Waals surface area contributed by atoms with Gasteiger partial charge in [0.1, 0.15) is 11.7 Å². The molecule has 0 spiro atoms. The van der Waals surface area contributed by atoms with Crippen molar-refractivity contribution in [2.45, 2.75) is 93.0 Å². The van der Waals surface area contributed by atoms with Gasteiger partial charge in [0.2, 0.25) is 0 Å². The lowest BCUT2D eigenvalue weighted by atomic mass is 9.90. The maximum atomic E-state index is 13.8. The number of ketones is 1. The lowest BCUT2D eigenvalue weighted by Gasteiger charge is -2.36. The molecule has 2 N–H and O–H groups in total. The van der Waals surface area contributed by atoms with Crippen LogP contribution in [0, 0.1) is 0 Å². The fraction of sp³-hybridized carbons (Fsp3) is 0.545. The first kappa shape index (κ1) is 31.3. The molecule has 2 aliphatic heterocycles. The Hall–Kier alpha value is -3.19. The van der Waals surface area contributed by atoms with Crippen LogP contribution in [0.5, 0.6) is 0 Å². The molecule has 3 rings (SSSR count). The third-order valence-corrected chi connectivity index (χ3v) is 8.09. The Morgan fingerprint density at radius 2 is 1.77 bits per heavy atom. The molecule has 7 nitrogen and oxygen atoms in total. The van der Waals surface area contributed by atoms with Gasteiger partial charge in [-0.2, -0.15) is 0 Å². The summed E-state index contributed by atoms with van der Waals surface area (Å²) in [5.74, 6) is 0.945. The maximum absolute atomic E-state index is 13.8. The number of carbonyl (C=O) groups is 2. The van der Waals surface area contributed by atoms with Crippen LogP contribution in [0.4, 0.5) is 0 Å². The topological polar surface area (TPSA) is 77.0 Å². The summed E-state index contributed by atoms with van der Waals surface area (Å²) in [6.45, 7) is 17.7. The molecule has 1 aliphatic carbocycles. The standard InChI is InChI=1S/C33H49N5O2/c1-8-14-30(35-29(23(5)9-2)18-17-26(10-3)37-21-19-34-20-22-37)36-32-28(11-4)24(6)31(25(7)39)33(40)38(32)27-15-12-13-16-27/h10-11,14,17-18,27,34-35H,8-9,12-13,15-16,19-22H2,1-7H3/b18-17-,26-10+,28-11-,29-23-,30-14+,36-32+. The van der Waals surface area contributed by atoms with Crippen molar-refractivity contribution in [2.75, 3.05) is 26.2 Å². The number of amidine groups is 1. The van der Waals surface area contributed by atoms with Gasteiger partial charge in [0.05, 0.1) is 5.57 Å². The highest BCUT2D eigenvalue weighted by atomic mass is 16.2. The zero-order valence-electron chi connectivity index (χ0n) is 25.7. The molecule has 1 amide bonds. The van der Waals surface area contributed by atoms with Gasteiger partial charge in [0, 0.05) is 49.2 Å². The van der Waals surface area contributed by atoms with Crippen LogP contribution in [-0.2, 0) is 9.59 Å². The molecular weight excluding hydrogens is 498 g/mol. The predicted octanol–water partition coefficient (Wildman–Crippen LogP) is 5.91. The molecule has 0 atom stereocenters. The molecule has 3 aliphatic rings. The van der Waals surface area contributed by atoms with Crippen molar-refractivity contribution in [3.63, 3.8) is 0 Å². The van der Waals surface area contributed by atoms with Crippen LogP contribution in [0.1, 0.15) is 87.0 Å². The van der Waals surface area contributed by atoms with Crippen molar-refractivity contribution < 1.29 is 9.59 Å². The Balaban J connectivity index is 2.04. The summed E-state index contributed by atoms with van der Waals surface area (Å²) < 4.78 is 0. The average Bonchev–Trinajstić information content (AvgIpc) is 3.47. The summed E-state index contributed by atoms with van der Waals surface area (Å²) >= 11 is 0. The second-order valence-electron chi connectivity index (χ2n) is 10.8. The van der Waals surface area contributed by atoms with E-state index in [4.69, 9.17) is 4.99 Å². The fourth-order valence-electron chi connectivity index (χ4n) is 5.71. The fourth-order valence-corrected chi connectivity index (χ4v) is 5.71. The minimum absolute atomic E-state index is 0.0510. The smallest absolute Gasteiger partial charge is 0.263 e. The van der Waals surface area contributed by atoms with E-state index in [9.17, 15) is 9.59 Å². The van der Waals surface area contributed by atoms with Crippen LogP contribution in [0.3, 0.4) is 0 Å². The van der Waals surface area contributed by atoms with E-state index in [0.717, 1.165) is 76.0 Å². The molecule has 2 fully saturated rings. The van der Waals surface area contributed by atoms with Crippen molar-refractivity contribution in [3.05, 3.63) is 69.9 Å². The predicted molar refractivity (Wildman–Crippen MR) is 166 cm³/mol. The molecule has 1 saturated carbocycles. The van der Waals surface area contributed by atoms with Gasteiger partial charge in [-0.05, 0) is 84.1 Å². The van der Waals surface area contributed by atoms with Gasteiger partial charge in [-0.25, -0.2) is 4.99 Å². The zero-order chi connectivity index (χ0) is 29.2. The molecule has 0 aromatic heterocycles. The first-order valence-electron chi connectivity index (χ1n) is 15.0. The van der Waals surface area contributed by atoms with Gasteiger partial charge in [-0.3, -0.25) is 14.5 Å². The highest BCUT2D eigenvalue weighted by molar-refractivity contribution is 6.29. The van der Waals surface area contributed by atoms with E-state index < -0.39 is 0 Å². The number of nitrogens with one attached hydrogen (secondary N) is 2. The number of rotatable bonds is 10. The lowest BCUT2D eigenvalue weighted by molar-refractivity contribution is -0.127. The van der Waals surface area contributed by atoms with E-state index in [2.05, 4.69) is 67.5 Å². The number of nitrogens with zero attached hydrogens (tertiary/aromatic N) is 3. The normalized spacial score (nSPS) is 22.7. The summed E-state index contributed by atoms with van der Waals surface area (Å²) in [7, 11) is 0. The summed E-state index contributed by atoms with van der Waals surface area (Å²) in [6, 6.07) is 0.0510. The number of hydrogen-bond donors (Lipinski definition) is 2. The number of carbonyl (C=O) groups excluding carboxylic acids is 2. The molecular formula is C33H49N5O2. The third kappa shape index (κ3) is 7.30. The molecule has 0 unspecified atom stereocenters. The summed E-state index contributed by atoms with van der Waals surface area (Å²) in [5, 5.41) is 7.04. The Bertz CT molecular complexity index is 1170. The zero-order valence-corrected chi connectivity index (χ0v) is 25.7. The number of hydrogen-bond acceptors (Lipinski definition) is 6. The minimum atomic E-state index is -0.216. The maximum Gasteiger partial charge on any atom is 0.263 e. The summed E-state index contributed by atoms with van der Waals surface area (Å²) in [4.78, 5) is 35.7. The van der Waals surface area contributed by atoms with Crippen molar-refractivity contribution in [2.24, 2.45) is 4.99 Å². The van der Waals surface area contributed by atoms with E-state index in [0.29, 0.717) is 17.2 Å². The van der Waals surface area contributed by atoms with Gasteiger partial charge < -0.3 is 15.5 Å². The molecule has 40 heavy (non-hydrogen) atoms. The first-order chi connectivity index (χ1) is 19.3. The van der Waals surface area contributed by atoms with Gasteiger partial charge in [0.15, 0.2) is 5.78 Å². The molecule has 7 heteroatoms. The Morgan fingerprint density at radius 3 is 2.33 bits per heavy atom. The number of Topliss-reactive ketones (excluding diaryl/α,β-unsaturated/α-hetero) is 1. The minimum Gasteiger partial charge on any atom is -0.369 e. The number of aliphatic imine (C=N–C) groups is 1. The average molecular weight is 548 g/mol. The van der Waals surface area contributed by atoms with Crippen LogP contribution in [0.2, 0.25) is 0 Å². The molecule has 0 aromatic rings. The molecule has 0 radical (unpaired) electrons. The lowest BCUT2D eigenvalue weighted by Crippen LogP contribution is -2.49. The Kier molecular flexibility index (Phi) is 11.7. The SMILES string of the molecule is C/C=C1/C(C)=C(C(C)=O)C(=O)N(C2CCCC2)/C1=N/C(=C/CC)NC(/C=C\C(=C/C)N1CCNCC1)=C(/C)CC. The van der Waals surface area contributed by atoms with Crippen LogP contribution in [0.15, 0.2) is 74.9 Å². The second-order valence-corrected chi connectivity index (χ2v) is 10.8. The van der Waals surface area contributed by atoms with Crippen LogP contribution < -0.4 is 10.6 Å². The van der Waals surface area contributed by atoms with E-state index >= 15 is 0 Å². The van der Waals surface area contributed by atoms with Crippen LogP contribution in [0.25, 0.3) is 0 Å². The Labute approximate surface area is 241 Å². The molecule has 0 bridgehead atoms. The molecule has 1 saturated heterocycles. The Morgan fingerprint density at radius 1 is 1.10 bits per heavy atom. The quantitative estimate of drug-likeness (QED) is 0.263. The van der Waals surface area contributed by atoms with E-state index in [1.165, 1.54) is 18.2 Å². The van der Waals surface area contributed by atoms with Crippen molar-refractivity contribution in [3.8, 4) is 0 Å². The third-order valence-electron chi connectivity index (χ3n) is 8.09. The van der Waals surface area contributed by atoms with Crippen molar-refractivity contribution in [1.82, 2.24) is 20.4 Å². The van der Waals surface area contributed by atoms with Crippen LogP contribution in [-0.4, -0.2) is 59.5 Å². The highest BCUT2D eigenvalue weighted by Crippen LogP contribution is 2.34. The van der Waals surface area contributed by atoms with E-state index in [1.54, 1.807) is 0 Å². The monoisotopic (exact) mass is 547 g/mol. The van der Waals surface area contributed by atoms with Gasteiger partial charge >= 0.3 is 0 Å². The van der Waals surface area contributed by atoms with E-state index in [1.807, 2.05) is 24.8 Å². The summed E-state index contributed by atoms with van der Waals surface area (Å²) in [5.41, 5.74) is 5.28. The second kappa shape index (κ2) is 15.0. The van der Waals surface area contributed by atoms with Crippen molar-refractivity contribution in [1.29, 1.82) is 0 Å². The first-order valence-corrected chi connectivity index (χ1v) is 15.0. The largest absolute Gasteiger partial charge is 0.369 e.